The van der Waals surface area contributed by atoms with Crippen molar-refractivity contribution in [1.29, 1.82) is 0 Å². The van der Waals surface area contributed by atoms with Crippen LogP contribution in [0.25, 0.3) is 0 Å². The quantitative estimate of drug-likeness (QED) is 0.431. The maximum atomic E-state index is 13.7. The number of carbonyl (C=O) groups excluding carboxylic acids is 4. The molecule has 0 bridgehead atoms. The predicted octanol–water partition coefficient (Wildman–Crippen LogP) is 3.93. The van der Waals surface area contributed by atoms with Crippen LogP contribution >= 0.6 is 0 Å². The molecule has 0 aromatic rings. The molecule has 190 valence electrons. The summed E-state index contributed by atoms with van der Waals surface area (Å²) in [4.78, 5) is 50.2. The first kappa shape index (κ1) is 25.5. The van der Waals surface area contributed by atoms with Gasteiger partial charge in [-0.25, -0.2) is 0 Å². The van der Waals surface area contributed by atoms with Crippen LogP contribution in [0.5, 0.6) is 0 Å². The Bertz CT molecular complexity index is 1050. The topological polar surface area (TPSA) is 107 Å². The molecule has 0 amide bonds. The molecule has 1 N–H and O–H groups in total. The first-order chi connectivity index (χ1) is 16.5. The number of rotatable bonds is 7. The number of allylic oxidation sites excluding steroid dienone is 5. The normalized spacial score (nSPS) is 35.6. The number of fused-ring (bicyclic) bond motifs is 4. The van der Waals surface area contributed by atoms with Gasteiger partial charge in [-0.2, -0.15) is 0 Å². The average molecular weight is 485 g/mol. The zero-order valence-corrected chi connectivity index (χ0v) is 21.1. The highest BCUT2D eigenvalue weighted by Crippen LogP contribution is 2.65. The van der Waals surface area contributed by atoms with Gasteiger partial charge in [0.25, 0.3) is 0 Å². The Balaban J connectivity index is 1.74. The standard InChI is InChI=1S/C28H36O7/c1-5-7-24(33)34-16-22(31)28(35-23(32)6-2)13-11-20-19-9-8-17-14-18(29)10-12-26(17,3)25(19)21(30)15-27(20,28)4/h10,12,14,20-21,30H,5-9,11,13,15-16H2,1-4H3/t20-,21?,26-,27-,28-/m0/s1. The summed E-state index contributed by atoms with van der Waals surface area (Å²) in [5, 5.41) is 11.5. The molecule has 4 rings (SSSR count). The van der Waals surface area contributed by atoms with Gasteiger partial charge in [0.1, 0.15) is 0 Å². The van der Waals surface area contributed by atoms with Crippen LogP contribution in [0.15, 0.2) is 34.9 Å². The lowest BCUT2D eigenvalue weighted by molar-refractivity contribution is -0.187. The van der Waals surface area contributed by atoms with Crippen molar-refractivity contribution in [2.75, 3.05) is 6.61 Å². The summed E-state index contributed by atoms with van der Waals surface area (Å²) in [5.41, 5.74) is 0.193. The summed E-state index contributed by atoms with van der Waals surface area (Å²) in [6.07, 6.45) is 7.81. The molecule has 4 aliphatic carbocycles. The molecule has 1 saturated carbocycles. The molecule has 1 unspecified atom stereocenters. The van der Waals surface area contributed by atoms with E-state index in [1.54, 1.807) is 19.1 Å². The lowest BCUT2D eigenvalue weighted by Gasteiger charge is -2.53. The predicted molar refractivity (Wildman–Crippen MR) is 128 cm³/mol. The Labute approximate surface area is 206 Å². The molecule has 0 heterocycles. The van der Waals surface area contributed by atoms with E-state index in [0.29, 0.717) is 32.1 Å². The molecule has 0 aromatic heterocycles. The number of ether oxygens (including phenoxy) is 2. The molecule has 1 fully saturated rings. The Kier molecular flexibility index (Phi) is 6.68. The van der Waals surface area contributed by atoms with Crippen LogP contribution in [-0.4, -0.2) is 46.9 Å². The Morgan fingerprint density at radius 3 is 2.57 bits per heavy atom. The molecule has 35 heavy (non-hydrogen) atoms. The summed E-state index contributed by atoms with van der Waals surface area (Å²) < 4.78 is 11.2. The van der Waals surface area contributed by atoms with Crippen molar-refractivity contribution >= 4 is 23.5 Å². The molecular formula is C28H36O7. The van der Waals surface area contributed by atoms with Crippen LogP contribution in [0.1, 0.15) is 79.1 Å². The van der Waals surface area contributed by atoms with Gasteiger partial charge in [0.05, 0.1) is 6.10 Å². The molecule has 7 heteroatoms. The summed E-state index contributed by atoms with van der Waals surface area (Å²) in [5.74, 6) is -1.46. The minimum Gasteiger partial charge on any atom is -0.457 e. The van der Waals surface area contributed by atoms with Gasteiger partial charge in [0.15, 0.2) is 18.0 Å². The third-order valence-electron chi connectivity index (χ3n) is 8.83. The molecule has 0 spiro atoms. The van der Waals surface area contributed by atoms with E-state index in [0.717, 1.165) is 16.7 Å². The van der Waals surface area contributed by atoms with E-state index in [-0.39, 0.29) is 31.0 Å². The van der Waals surface area contributed by atoms with Gasteiger partial charge >= 0.3 is 11.9 Å². The van der Waals surface area contributed by atoms with Crippen LogP contribution in [0.4, 0.5) is 0 Å². The van der Waals surface area contributed by atoms with Crippen LogP contribution in [0.3, 0.4) is 0 Å². The highest BCUT2D eigenvalue weighted by atomic mass is 16.6. The second-order valence-electron chi connectivity index (χ2n) is 10.8. The number of carbonyl (C=O) groups is 4. The molecule has 0 radical (unpaired) electrons. The largest absolute Gasteiger partial charge is 0.457 e. The second kappa shape index (κ2) is 9.16. The number of aliphatic hydroxyl groups excluding tert-OH is 1. The number of esters is 2. The van der Waals surface area contributed by atoms with E-state index < -0.39 is 46.9 Å². The van der Waals surface area contributed by atoms with Gasteiger partial charge < -0.3 is 14.6 Å². The molecule has 0 saturated heterocycles. The highest BCUT2D eigenvalue weighted by molar-refractivity contribution is 6.01. The van der Waals surface area contributed by atoms with E-state index >= 15 is 0 Å². The van der Waals surface area contributed by atoms with Crippen LogP contribution in [0, 0.1) is 16.7 Å². The van der Waals surface area contributed by atoms with E-state index in [1.807, 2.05) is 26.8 Å². The van der Waals surface area contributed by atoms with Gasteiger partial charge in [0.2, 0.25) is 5.78 Å². The number of hydrogen-bond acceptors (Lipinski definition) is 7. The van der Waals surface area contributed by atoms with Crippen LogP contribution < -0.4 is 0 Å². The average Bonchev–Trinajstić information content (AvgIpc) is 3.10. The van der Waals surface area contributed by atoms with Crippen LogP contribution in [-0.2, 0) is 28.7 Å². The second-order valence-corrected chi connectivity index (χ2v) is 10.8. The van der Waals surface area contributed by atoms with Crippen molar-refractivity contribution in [3.63, 3.8) is 0 Å². The van der Waals surface area contributed by atoms with Crippen molar-refractivity contribution in [1.82, 2.24) is 0 Å². The van der Waals surface area contributed by atoms with Gasteiger partial charge in [-0.15, -0.1) is 0 Å². The Morgan fingerprint density at radius 2 is 1.89 bits per heavy atom. The minimum atomic E-state index is -1.47. The van der Waals surface area contributed by atoms with Crippen LogP contribution in [0.2, 0.25) is 0 Å². The zero-order chi connectivity index (χ0) is 25.6. The van der Waals surface area contributed by atoms with Crippen molar-refractivity contribution in [3.05, 3.63) is 34.9 Å². The van der Waals surface area contributed by atoms with Gasteiger partial charge in [0, 0.05) is 23.7 Å². The fraction of sp³-hybridized carbons (Fsp3) is 0.643. The fourth-order valence-electron chi connectivity index (χ4n) is 7.07. The number of hydrogen-bond donors (Lipinski definition) is 1. The Morgan fingerprint density at radius 1 is 1.14 bits per heavy atom. The van der Waals surface area contributed by atoms with Crippen molar-refractivity contribution in [2.45, 2.75) is 90.8 Å². The highest BCUT2D eigenvalue weighted by Gasteiger charge is 2.67. The molecule has 0 aromatic carbocycles. The van der Waals surface area contributed by atoms with Gasteiger partial charge in [-0.3, -0.25) is 19.2 Å². The van der Waals surface area contributed by atoms with E-state index in [1.165, 1.54) is 0 Å². The molecule has 4 aliphatic rings. The van der Waals surface area contributed by atoms with Gasteiger partial charge in [-0.1, -0.05) is 38.0 Å². The third-order valence-corrected chi connectivity index (χ3v) is 8.83. The molecule has 7 nitrogen and oxygen atoms in total. The number of Topliss-reactive ketones (excluding diaryl/α,β-unsaturated/α-hetero) is 1. The maximum Gasteiger partial charge on any atom is 0.306 e. The summed E-state index contributed by atoms with van der Waals surface area (Å²) in [6, 6.07) is 0. The summed E-state index contributed by atoms with van der Waals surface area (Å²) in [6.45, 7) is 7.06. The first-order valence-electron chi connectivity index (χ1n) is 12.8. The summed E-state index contributed by atoms with van der Waals surface area (Å²) >= 11 is 0. The zero-order valence-electron chi connectivity index (χ0n) is 21.1. The fourth-order valence-corrected chi connectivity index (χ4v) is 7.07. The first-order valence-corrected chi connectivity index (χ1v) is 12.8. The lowest BCUT2D eigenvalue weighted by atomic mass is 9.52. The monoisotopic (exact) mass is 484 g/mol. The van der Waals surface area contributed by atoms with Gasteiger partial charge in [-0.05, 0) is 69.1 Å². The van der Waals surface area contributed by atoms with E-state index in [4.69, 9.17) is 9.47 Å². The summed E-state index contributed by atoms with van der Waals surface area (Å²) in [7, 11) is 0. The van der Waals surface area contributed by atoms with E-state index in [9.17, 15) is 24.3 Å². The third kappa shape index (κ3) is 3.92. The van der Waals surface area contributed by atoms with Crippen molar-refractivity contribution in [3.8, 4) is 0 Å². The minimum absolute atomic E-state index is 0.0359. The number of ketones is 2. The number of aliphatic hydroxyl groups is 1. The lowest BCUT2D eigenvalue weighted by Crippen LogP contribution is -2.59. The molecular weight excluding hydrogens is 448 g/mol. The van der Waals surface area contributed by atoms with Crippen molar-refractivity contribution < 1.29 is 33.8 Å². The Hall–Kier alpha value is -2.54. The molecule has 5 atom stereocenters. The molecule has 0 aliphatic heterocycles. The van der Waals surface area contributed by atoms with Crippen molar-refractivity contribution in [2.24, 2.45) is 16.7 Å². The SMILES string of the molecule is CCCC(=O)OCC(=O)[C@@]1(OC(=O)CC)CC[C@H]2C3=C(C(O)C[C@@]21C)[C@@]1(C)C=CC(=O)C=C1CC3. The maximum absolute atomic E-state index is 13.7. The smallest absolute Gasteiger partial charge is 0.306 e. The van der Waals surface area contributed by atoms with E-state index in [2.05, 4.69) is 0 Å².